The minimum Gasteiger partial charge on any atom is -0.497 e. The average molecular weight is 337 g/mol. The maximum Gasteiger partial charge on any atom is 0.226 e. The summed E-state index contributed by atoms with van der Waals surface area (Å²) in [5.41, 5.74) is 2.39. The zero-order valence-electron chi connectivity index (χ0n) is 15.0. The van der Waals surface area contributed by atoms with Gasteiger partial charge in [0.25, 0.3) is 0 Å². The Labute approximate surface area is 147 Å². The number of methoxy groups -OCH3 is 1. The molecule has 1 N–H and O–H groups in total. The molecule has 2 aromatic heterocycles. The molecule has 1 amide bonds. The molecule has 0 radical (unpaired) electrons. The number of carbonyl (C=O) groups excluding carboxylic acids is 1. The molecule has 0 aliphatic rings. The number of hydrogen-bond acceptors (Lipinski definition) is 3. The van der Waals surface area contributed by atoms with Gasteiger partial charge in [-0.25, -0.2) is 4.98 Å². The molecule has 5 nitrogen and oxygen atoms in total. The molecule has 5 heteroatoms. The maximum atomic E-state index is 12.5. The summed E-state index contributed by atoms with van der Waals surface area (Å²) in [7, 11) is 1.64. The third kappa shape index (κ3) is 3.82. The molecule has 0 saturated heterocycles. The first-order valence-corrected chi connectivity index (χ1v) is 8.29. The van der Waals surface area contributed by atoms with Gasteiger partial charge in [-0.3, -0.25) is 9.20 Å². The predicted molar refractivity (Wildman–Crippen MR) is 99.9 cm³/mol. The largest absolute Gasteiger partial charge is 0.497 e. The summed E-state index contributed by atoms with van der Waals surface area (Å²) in [4.78, 5) is 17.2. The van der Waals surface area contributed by atoms with Crippen molar-refractivity contribution >= 4 is 17.4 Å². The molecule has 25 heavy (non-hydrogen) atoms. The number of anilines is 1. The number of rotatable bonds is 4. The Kier molecular flexibility index (Phi) is 4.49. The number of benzene rings is 1. The van der Waals surface area contributed by atoms with E-state index in [9.17, 15) is 4.79 Å². The highest BCUT2D eigenvalue weighted by atomic mass is 16.5. The molecule has 130 valence electrons. The third-order valence-electron chi connectivity index (χ3n) is 3.84. The van der Waals surface area contributed by atoms with Gasteiger partial charge in [-0.15, -0.1) is 0 Å². The van der Waals surface area contributed by atoms with Gasteiger partial charge in [0.1, 0.15) is 22.9 Å². The van der Waals surface area contributed by atoms with Crippen LogP contribution in [0.25, 0.3) is 16.9 Å². The number of imidazole rings is 1. The maximum absolute atomic E-state index is 12.5. The van der Waals surface area contributed by atoms with E-state index < -0.39 is 0 Å². The lowest BCUT2D eigenvalue weighted by molar-refractivity contribution is -0.117. The van der Waals surface area contributed by atoms with E-state index in [2.05, 4.69) is 5.32 Å². The number of aromatic nitrogens is 2. The number of fused-ring (bicyclic) bond motifs is 1. The molecule has 2 heterocycles. The van der Waals surface area contributed by atoms with Crippen LogP contribution in [0.1, 0.15) is 27.2 Å². The molecular formula is C20H23N3O2. The van der Waals surface area contributed by atoms with E-state index in [-0.39, 0.29) is 11.3 Å². The summed E-state index contributed by atoms with van der Waals surface area (Å²) < 4.78 is 7.12. The highest BCUT2D eigenvalue weighted by Gasteiger charge is 2.20. The van der Waals surface area contributed by atoms with Gasteiger partial charge in [0.05, 0.1) is 7.11 Å². The predicted octanol–water partition coefficient (Wildman–Crippen LogP) is 4.38. The van der Waals surface area contributed by atoms with Gasteiger partial charge < -0.3 is 10.1 Å². The van der Waals surface area contributed by atoms with E-state index in [1.807, 2.05) is 73.8 Å². The quantitative estimate of drug-likeness (QED) is 0.768. The highest BCUT2D eigenvalue weighted by molar-refractivity contribution is 5.94. The molecule has 3 aromatic rings. The number of nitrogens with zero attached hydrogens (tertiary/aromatic N) is 2. The van der Waals surface area contributed by atoms with Crippen molar-refractivity contribution in [3.05, 3.63) is 48.7 Å². The van der Waals surface area contributed by atoms with Gasteiger partial charge >= 0.3 is 0 Å². The van der Waals surface area contributed by atoms with Crippen LogP contribution in [0.5, 0.6) is 5.75 Å². The van der Waals surface area contributed by atoms with Crippen LogP contribution < -0.4 is 10.1 Å². The lowest BCUT2D eigenvalue weighted by Gasteiger charge is -2.17. The molecule has 0 fully saturated rings. The third-order valence-corrected chi connectivity index (χ3v) is 3.84. The van der Waals surface area contributed by atoms with Crippen molar-refractivity contribution in [3.63, 3.8) is 0 Å². The molecule has 0 aliphatic heterocycles. The van der Waals surface area contributed by atoms with Crippen LogP contribution in [-0.2, 0) is 4.79 Å². The number of nitrogens with one attached hydrogen (secondary N) is 1. The highest BCUT2D eigenvalue weighted by Crippen LogP contribution is 2.30. The second kappa shape index (κ2) is 6.59. The molecule has 0 spiro atoms. The summed E-state index contributed by atoms with van der Waals surface area (Å²) in [6.07, 6.45) is 2.34. The molecule has 1 aromatic carbocycles. The fourth-order valence-electron chi connectivity index (χ4n) is 2.72. The molecule has 0 bridgehead atoms. The second-order valence-corrected chi connectivity index (χ2v) is 7.25. The van der Waals surface area contributed by atoms with E-state index in [4.69, 9.17) is 9.72 Å². The zero-order valence-corrected chi connectivity index (χ0v) is 15.0. The summed E-state index contributed by atoms with van der Waals surface area (Å²) in [6, 6.07) is 13.4. The van der Waals surface area contributed by atoms with Crippen LogP contribution in [0.3, 0.4) is 0 Å². The summed E-state index contributed by atoms with van der Waals surface area (Å²) in [6.45, 7) is 6.14. The van der Waals surface area contributed by atoms with E-state index in [0.29, 0.717) is 12.2 Å². The van der Waals surface area contributed by atoms with Crippen molar-refractivity contribution in [2.45, 2.75) is 27.2 Å². The Hall–Kier alpha value is -2.82. The molecule has 3 rings (SSSR count). The Morgan fingerprint density at radius 2 is 1.88 bits per heavy atom. The minimum absolute atomic E-state index is 0.0204. The minimum atomic E-state index is -0.0785. The molecule has 0 unspecified atom stereocenters. The van der Waals surface area contributed by atoms with Gasteiger partial charge in [-0.05, 0) is 41.8 Å². The van der Waals surface area contributed by atoms with Crippen molar-refractivity contribution in [1.29, 1.82) is 0 Å². The number of amides is 1. The molecule has 0 atom stereocenters. The number of hydrogen-bond donors (Lipinski definition) is 1. The lowest BCUT2D eigenvalue weighted by atomic mass is 9.92. The van der Waals surface area contributed by atoms with E-state index in [0.717, 1.165) is 22.7 Å². The zero-order chi connectivity index (χ0) is 18.0. The van der Waals surface area contributed by atoms with Gasteiger partial charge in [-0.2, -0.15) is 0 Å². The summed E-state index contributed by atoms with van der Waals surface area (Å²) in [5.74, 6) is 1.45. The monoisotopic (exact) mass is 337 g/mol. The molecule has 0 saturated carbocycles. The Balaban J connectivity index is 2.04. The Morgan fingerprint density at radius 1 is 1.16 bits per heavy atom. The lowest BCUT2D eigenvalue weighted by Crippen LogP contribution is -2.20. The topological polar surface area (TPSA) is 55.6 Å². The van der Waals surface area contributed by atoms with Crippen molar-refractivity contribution < 1.29 is 9.53 Å². The van der Waals surface area contributed by atoms with Crippen molar-refractivity contribution in [2.75, 3.05) is 12.4 Å². The normalized spacial score (nSPS) is 11.5. The second-order valence-electron chi connectivity index (χ2n) is 7.25. The fraction of sp³-hybridized carbons (Fsp3) is 0.300. The van der Waals surface area contributed by atoms with Gasteiger partial charge in [-0.1, -0.05) is 26.8 Å². The number of carbonyl (C=O) groups is 1. The van der Waals surface area contributed by atoms with Crippen molar-refractivity contribution in [2.24, 2.45) is 5.41 Å². The van der Waals surface area contributed by atoms with E-state index in [1.54, 1.807) is 7.11 Å². The first-order valence-electron chi connectivity index (χ1n) is 8.29. The number of ether oxygens (including phenoxy) is 1. The summed E-state index contributed by atoms with van der Waals surface area (Å²) in [5, 5.41) is 3.05. The van der Waals surface area contributed by atoms with Gasteiger partial charge in [0, 0.05) is 18.2 Å². The van der Waals surface area contributed by atoms with Gasteiger partial charge in [0.15, 0.2) is 0 Å². The van der Waals surface area contributed by atoms with Crippen LogP contribution in [0.4, 0.5) is 5.82 Å². The van der Waals surface area contributed by atoms with Crippen molar-refractivity contribution in [3.8, 4) is 17.0 Å². The smallest absolute Gasteiger partial charge is 0.226 e. The van der Waals surface area contributed by atoms with E-state index in [1.165, 1.54) is 0 Å². The molecule has 0 aliphatic carbocycles. The summed E-state index contributed by atoms with van der Waals surface area (Å²) >= 11 is 0. The van der Waals surface area contributed by atoms with Crippen molar-refractivity contribution in [1.82, 2.24) is 9.38 Å². The SMILES string of the molecule is COc1ccc(-c2nc3ccccn3c2NC(=O)CC(C)(C)C)cc1. The Bertz CT molecular complexity index is 889. The average Bonchev–Trinajstić information content (AvgIpc) is 2.92. The van der Waals surface area contributed by atoms with Gasteiger partial charge in [0.2, 0.25) is 5.91 Å². The van der Waals surface area contributed by atoms with Crippen LogP contribution in [0, 0.1) is 5.41 Å². The van der Waals surface area contributed by atoms with Crippen LogP contribution in [-0.4, -0.2) is 22.4 Å². The first-order chi connectivity index (χ1) is 11.9. The fourth-order valence-corrected chi connectivity index (χ4v) is 2.72. The standard InChI is InChI=1S/C20H23N3O2/c1-20(2,3)13-17(24)22-19-18(14-8-10-15(25-4)11-9-14)21-16-7-5-6-12-23(16)19/h5-12H,13H2,1-4H3,(H,22,24). The van der Waals surface area contributed by atoms with Crippen LogP contribution >= 0.6 is 0 Å². The Morgan fingerprint density at radius 3 is 2.52 bits per heavy atom. The first kappa shape index (κ1) is 17.0. The van der Waals surface area contributed by atoms with E-state index >= 15 is 0 Å². The molecular weight excluding hydrogens is 314 g/mol. The number of pyridine rings is 1. The van der Waals surface area contributed by atoms with Crippen LogP contribution in [0.15, 0.2) is 48.7 Å². The van der Waals surface area contributed by atoms with Crippen LogP contribution in [0.2, 0.25) is 0 Å².